The summed E-state index contributed by atoms with van der Waals surface area (Å²) >= 11 is 0. The molecule has 0 saturated heterocycles. The van der Waals surface area contributed by atoms with Gasteiger partial charge >= 0.3 is 0 Å². The molecule has 0 unspecified atom stereocenters. The number of benzene rings is 1. The minimum absolute atomic E-state index is 0.00586. The fourth-order valence-electron chi connectivity index (χ4n) is 1.12. The third-order valence-corrected chi connectivity index (χ3v) is 1.98. The summed E-state index contributed by atoms with van der Waals surface area (Å²) in [6.45, 7) is 1.95. The molecule has 0 saturated carbocycles. The molecule has 1 rings (SSSR count). The van der Waals surface area contributed by atoms with E-state index in [2.05, 4.69) is 0 Å². The van der Waals surface area contributed by atoms with Gasteiger partial charge in [-0.25, -0.2) is 8.78 Å². The van der Waals surface area contributed by atoms with Gasteiger partial charge in [0.05, 0.1) is 6.61 Å². The van der Waals surface area contributed by atoms with Crippen LogP contribution in [0.3, 0.4) is 0 Å². The lowest BCUT2D eigenvalue weighted by Crippen LogP contribution is -2.08. The maximum Gasteiger partial charge on any atom is 0.270 e. The Hall–Kier alpha value is -1.16. The lowest BCUT2D eigenvalue weighted by Gasteiger charge is -2.11. The number of hydrogen-bond acceptors (Lipinski definition) is 2. The van der Waals surface area contributed by atoms with Crippen molar-refractivity contribution in [1.82, 2.24) is 0 Å². The van der Waals surface area contributed by atoms with Crippen LogP contribution in [-0.2, 0) is 5.92 Å². The molecule has 0 heterocycles. The van der Waals surface area contributed by atoms with Crippen molar-refractivity contribution >= 4 is 0 Å². The van der Waals surface area contributed by atoms with Crippen molar-refractivity contribution in [2.45, 2.75) is 19.3 Å². The van der Waals surface area contributed by atoms with Crippen LogP contribution in [-0.4, -0.2) is 13.2 Å². The SMILES string of the molecule is CC(F)(F)c1ccc(OCCCN)cc1. The van der Waals surface area contributed by atoms with Gasteiger partial charge in [-0.1, -0.05) is 0 Å². The van der Waals surface area contributed by atoms with E-state index in [4.69, 9.17) is 10.5 Å². The van der Waals surface area contributed by atoms with E-state index in [1.165, 1.54) is 12.1 Å². The molecule has 0 bridgehead atoms. The van der Waals surface area contributed by atoms with Crippen LogP contribution in [0.4, 0.5) is 8.78 Å². The minimum atomic E-state index is -2.80. The molecule has 0 radical (unpaired) electrons. The molecule has 1 aromatic rings. The van der Waals surface area contributed by atoms with E-state index in [-0.39, 0.29) is 5.56 Å². The molecule has 0 aliphatic heterocycles. The van der Waals surface area contributed by atoms with Crippen LogP contribution < -0.4 is 10.5 Å². The molecule has 0 aromatic heterocycles. The van der Waals surface area contributed by atoms with Crippen LogP contribution in [0.25, 0.3) is 0 Å². The average Bonchev–Trinajstić information content (AvgIpc) is 2.18. The van der Waals surface area contributed by atoms with E-state index in [0.717, 1.165) is 13.3 Å². The highest BCUT2D eigenvalue weighted by Crippen LogP contribution is 2.28. The van der Waals surface area contributed by atoms with Crippen molar-refractivity contribution in [2.24, 2.45) is 5.73 Å². The Morgan fingerprint density at radius 2 is 1.87 bits per heavy atom. The predicted molar refractivity (Wildman–Crippen MR) is 55.2 cm³/mol. The summed E-state index contributed by atoms with van der Waals surface area (Å²) in [5.41, 5.74) is 5.29. The first-order chi connectivity index (χ1) is 7.04. The Morgan fingerprint density at radius 3 is 2.33 bits per heavy atom. The summed E-state index contributed by atoms with van der Waals surface area (Å²) < 4.78 is 31.0. The van der Waals surface area contributed by atoms with Gasteiger partial charge < -0.3 is 10.5 Å². The van der Waals surface area contributed by atoms with Gasteiger partial charge in [0.15, 0.2) is 0 Å². The fraction of sp³-hybridized carbons (Fsp3) is 0.455. The zero-order chi connectivity index (χ0) is 11.3. The van der Waals surface area contributed by atoms with Gasteiger partial charge in [-0.15, -0.1) is 0 Å². The molecule has 4 heteroatoms. The van der Waals surface area contributed by atoms with Crippen molar-refractivity contribution in [3.05, 3.63) is 29.8 Å². The van der Waals surface area contributed by atoms with Gasteiger partial charge in [-0.05, 0) is 37.2 Å². The lowest BCUT2D eigenvalue weighted by atomic mass is 10.1. The Balaban J connectivity index is 2.57. The Bertz CT molecular complexity index is 292. The second kappa shape index (κ2) is 5.07. The normalized spacial score (nSPS) is 11.5. The second-order valence-electron chi connectivity index (χ2n) is 3.40. The minimum Gasteiger partial charge on any atom is -0.494 e. The van der Waals surface area contributed by atoms with E-state index >= 15 is 0 Å². The number of rotatable bonds is 5. The van der Waals surface area contributed by atoms with Crippen molar-refractivity contribution in [2.75, 3.05) is 13.2 Å². The zero-order valence-corrected chi connectivity index (χ0v) is 8.67. The fourth-order valence-corrected chi connectivity index (χ4v) is 1.12. The van der Waals surface area contributed by atoms with Crippen LogP contribution in [0, 0.1) is 0 Å². The molecule has 15 heavy (non-hydrogen) atoms. The Kier molecular flexibility index (Phi) is 4.03. The van der Waals surface area contributed by atoms with E-state index in [1.807, 2.05) is 0 Å². The van der Waals surface area contributed by atoms with E-state index in [9.17, 15) is 8.78 Å². The zero-order valence-electron chi connectivity index (χ0n) is 8.67. The topological polar surface area (TPSA) is 35.2 Å². The predicted octanol–water partition coefficient (Wildman–Crippen LogP) is 2.53. The summed E-state index contributed by atoms with van der Waals surface area (Å²) in [6, 6.07) is 5.84. The third kappa shape index (κ3) is 3.83. The summed E-state index contributed by atoms with van der Waals surface area (Å²) in [7, 11) is 0. The highest BCUT2D eigenvalue weighted by molar-refractivity contribution is 5.29. The molecular formula is C11H15F2NO. The molecule has 0 aliphatic rings. The smallest absolute Gasteiger partial charge is 0.270 e. The number of halogens is 2. The first kappa shape index (κ1) is 11.9. The standard InChI is InChI=1S/C11H15F2NO/c1-11(12,13)9-3-5-10(6-4-9)15-8-2-7-14/h3-6H,2,7-8,14H2,1H3. The maximum absolute atomic E-state index is 12.8. The van der Waals surface area contributed by atoms with Gasteiger partial charge in [-0.2, -0.15) is 0 Å². The van der Waals surface area contributed by atoms with Crippen LogP contribution in [0.15, 0.2) is 24.3 Å². The molecule has 0 spiro atoms. The Morgan fingerprint density at radius 1 is 1.27 bits per heavy atom. The first-order valence-corrected chi connectivity index (χ1v) is 4.85. The van der Waals surface area contributed by atoms with Crippen LogP contribution in [0.2, 0.25) is 0 Å². The monoisotopic (exact) mass is 215 g/mol. The van der Waals surface area contributed by atoms with Gasteiger partial charge in [0.1, 0.15) is 5.75 Å². The molecule has 0 amide bonds. The molecule has 0 aliphatic carbocycles. The summed E-state index contributed by atoms with van der Waals surface area (Å²) in [4.78, 5) is 0. The van der Waals surface area contributed by atoms with Crippen molar-refractivity contribution in [1.29, 1.82) is 0 Å². The molecular weight excluding hydrogens is 200 g/mol. The molecule has 1 aromatic carbocycles. The second-order valence-corrected chi connectivity index (χ2v) is 3.40. The molecule has 0 fully saturated rings. The molecule has 2 nitrogen and oxygen atoms in total. The van der Waals surface area contributed by atoms with Crippen molar-refractivity contribution in [3.8, 4) is 5.75 Å². The van der Waals surface area contributed by atoms with Gasteiger partial charge in [0.2, 0.25) is 0 Å². The summed E-state index contributed by atoms with van der Waals surface area (Å²) in [5.74, 6) is -2.20. The summed E-state index contributed by atoms with van der Waals surface area (Å²) in [5, 5.41) is 0. The molecule has 2 N–H and O–H groups in total. The molecule has 0 atom stereocenters. The van der Waals surface area contributed by atoms with E-state index in [0.29, 0.717) is 18.9 Å². The highest BCUT2D eigenvalue weighted by Gasteiger charge is 2.23. The van der Waals surface area contributed by atoms with Crippen LogP contribution in [0.1, 0.15) is 18.9 Å². The van der Waals surface area contributed by atoms with Crippen LogP contribution in [0.5, 0.6) is 5.75 Å². The number of ether oxygens (including phenoxy) is 1. The lowest BCUT2D eigenvalue weighted by molar-refractivity contribution is 0.0174. The third-order valence-electron chi connectivity index (χ3n) is 1.98. The van der Waals surface area contributed by atoms with E-state index < -0.39 is 5.92 Å². The maximum atomic E-state index is 12.8. The largest absolute Gasteiger partial charge is 0.494 e. The van der Waals surface area contributed by atoms with Crippen LogP contribution >= 0.6 is 0 Å². The van der Waals surface area contributed by atoms with Gasteiger partial charge in [0.25, 0.3) is 5.92 Å². The van der Waals surface area contributed by atoms with Crippen molar-refractivity contribution < 1.29 is 13.5 Å². The Labute approximate surface area is 88.0 Å². The average molecular weight is 215 g/mol. The van der Waals surface area contributed by atoms with Gasteiger partial charge in [0, 0.05) is 12.5 Å². The van der Waals surface area contributed by atoms with Crippen molar-refractivity contribution in [3.63, 3.8) is 0 Å². The molecule has 84 valence electrons. The number of hydrogen-bond donors (Lipinski definition) is 1. The highest BCUT2D eigenvalue weighted by atomic mass is 19.3. The quantitative estimate of drug-likeness (QED) is 0.766. The summed E-state index contributed by atoms with van der Waals surface area (Å²) in [6.07, 6.45) is 0.756. The van der Waals surface area contributed by atoms with E-state index in [1.54, 1.807) is 12.1 Å². The number of nitrogens with two attached hydrogens (primary N) is 1. The van der Waals surface area contributed by atoms with Gasteiger partial charge in [-0.3, -0.25) is 0 Å². The first-order valence-electron chi connectivity index (χ1n) is 4.85. The number of alkyl halides is 2.